The third-order valence-corrected chi connectivity index (χ3v) is 4.82. The maximum Gasteiger partial charge on any atom is 0.277 e. The van der Waals surface area contributed by atoms with Crippen LogP contribution in [-0.2, 0) is 4.79 Å². The number of carbonyl (C=O) groups excluding carboxylic acids is 1. The van der Waals surface area contributed by atoms with E-state index in [9.17, 15) is 4.79 Å². The number of benzene rings is 2. The number of hydrogen-bond acceptors (Lipinski definition) is 9. The fourth-order valence-corrected chi connectivity index (χ4v) is 3.12. The Morgan fingerprint density at radius 3 is 2.27 bits per heavy atom. The number of methoxy groups -OCH3 is 4. The van der Waals surface area contributed by atoms with Gasteiger partial charge in [-0.25, -0.2) is 0 Å². The van der Waals surface area contributed by atoms with E-state index in [1.54, 1.807) is 64.8 Å². The monoisotopic (exact) mass is 431 g/mol. The lowest BCUT2D eigenvalue weighted by atomic mass is 10.2. The first-order chi connectivity index (χ1) is 14.6. The fraction of sp³-hybridized carbons (Fsp3) is 0.250. The van der Waals surface area contributed by atoms with Crippen molar-refractivity contribution in [1.29, 1.82) is 0 Å². The van der Waals surface area contributed by atoms with E-state index in [-0.39, 0.29) is 16.9 Å². The molecular weight excluding hydrogens is 410 g/mol. The van der Waals surface area contributed by atoms with E-state index in [1.165, 1.54) is 0 Å². The second-order valence-electron chi connectivity index (χ2n) is 5.88. The minimum Gasteiger partial charge on any atom is -0.497 e. The average molecular weight is 431 g/mol. The summed E-state index contributed by atoms with van der Waals surface area (Å²) in [5.41, 5.74) is 1.24. The Morgan fingerprint density at radius 2 is 1.63 bits per heavy atom. The minimum absolute atomic E-state index is 0.0904. The number of thioether (sulfide) groups is 1. The van der Waals surface area contributed by atoms with Gasteiger partial charge in [0.1, 0.15) is 11.5 Å². The molecule has 0 aliphatic carbocycles. The van der Waals surface area contributed by atoms with Crippen molar-refractivity contribution >= 4 is 23.4 Å². The molecule has 1 heterocycles. The van der Waals surface area contributed by atoms with Crippen molar-refractivity contribution < 1.29 is 28.2 Å². The molecule has 0 saturated carbocycles. The molecule has 1 aromatic heterocycles. The van der Waals surface area contributed by atoms with E-state index in [2.05, 4.69) is 15.5 Å². The van der Waals surface area contributed by atoms with Gasteiger partial charge in [0.15, 0.2) is 11.5 Å². The quantitative estimate of drug-likeness (QED) is 0.510. The van der Waals surface area contributed by atoms with Crippen molar-refractivity contribution in [2.75, 3.05) is 39.5 Å². The first kappa shape index (κ1) is 21.3. The zero-order valence-electron chi connectivity index (χ0n) is 16.9. The van der Waals surface area contributed by atoms with E-state index in [4.69, 9.17) is 23.4 Å². The van der Waals surface area contributed by atoms with E-state index < -0.39 is 0 Å². The van der Waals surface area contributed by atoms with Crippen LogP contribution < -0.4 is 24.3 Å². The molecule has 0 saturated heterocycles. The van der Waals surface area contributed by atoms with Crippen LogP contribution in [0, 0.1) is 0 Å². The highest BCUT2D eigenvalue weighted by Gasteiger charge is 2.14. The third kappa shape index (κ3) is 5.15. The standard InChI is InChI=1S/C20H21N3O6S/c1-25-14-8-13(9-15(10-14)26-2)21-18(24)11-30-20-23-22-19(29-20)12-5-6-16(27-3)17(7-12)28-4/h5-10H,11H2,1-4H3,(H,21,24). The Labute approximate surface area is 177 Å². The summed E-state index contributed by atoms with van der Waals surface area (Å²) >= 11 is 1.13. The largest absolute Gasteiger partial charge is 0.497 e. The van der Waals surface area contributed by atoms with Crippen LogP contribution in [0.15, 0.2) is 46.0 Å². The summed E-state index contributed by atoms with van der Waals surface area (Å²) in [6, 6.07) is 10.4. The molecule has 0 spiro atoms. The van der Waals surface area contributed by atoms with Crippen molar-refractivity contribution in [2.45, 2.75) is 5.22 Å². The molecule has 3 aromatic rings. The normalized spacial score (nSPS) is 10.4. The molecule has 0 aliphatic rings. The van der Waals surface area contributed by atoms with Gasteiger partial charge < -0.3 is 28.7 Å². The summed E-state index contributed by atoms with van der Waals surface area (Å²) in [5, 5.41) is 11.1. The van der Waals surface area contributed by atoms with Crippen LogP contribution in [0.25, 0.3) is 11.5 Å². The van der Waals surface area contributed by atoms with Crippen LogP contribution in [0.2, 0.25) is 0 Å². The van der Waals surface area contributed by atoms with Gasteiger partial charge in [0.2, 0.25) is 11.8 Å². The summed E-state index contributed by atoms with van der Waals surface area (Å²) in [4.78, 5) is 12.3. The van der Waals surface area contributed by atoms with E-state index in [0.717, 1.165) is 11.8 Å². The molecule has 0 unspecified atom stereocenters. The van der Waals surface area contributed by atoms with Gasteiger partial charge >= 0.3 is 0 Å². The Kier molecular flexibility index (Phi) is 7.02. The van der Waals surface area contributed by atoms with Gasteiger partial charge in [0.05, 0.1) is 34.2 Å². The molecule has 1 N–H and O–H groups in total. The predicted molar refractivity (Wildman–Crippen MR) is 112 cm³/mol. The number of ether oxygens (including phenoxy) is 4. The number of rotatable bonds is 9. The molecule has 0 atom stereocenters. The number of nitrogens with zero attached hydrogens (tertiary/aromatic N) is 2. The van der Waals surface area contributed by atoms with Crippen molar-refractivity contribution in [3.05, 3.63) is 36.4 Å². The summed E-state index contributed by atoms with van der Waals surface area (Å²) in [6.07, 6.45) is 0. The Morgan fingerprint density at radius 1 is 0.933 bits per heavy atom. The van der Waals surface area contributed by atoms with Crippen LogP contribution in [-0.4, -0.2) is 50.3 Å². The number of anilines is 1. The molecule has 10 heteroatoms. The summed E-state index contributed by atoms with van der Waals surface area (Å²) < 4.78 is 26.5. The highest BCUT2D eigenvalue weighted by atomic mass is 32.2. The smallest absolute Gasteiger partial charge is 0.277 e. The third-order valence-electron chi connectivity index (χ3n) is 4.00. The minimum atomic E-state index is -0.235. The van der Waals surface area contributed by atoms with Gasteiger partial charge in [-0.15, -0.1) is 10.2 Å². The molecule has 9 nitrogen and oxygen atoms in total. The maximum atomic E-state index is 12.3. The SMILES string of the molecule is COc1cc(NC(=O)CSc2nnc(-c3ccc(OC)c(OC)c3)o2)cc(OC)c1. The lowest BCUT2D eigenvalue weighted by Crippen LogP contribution is -2.14. The Bertz CT molecular complexity index is 1000. The second kappa shape index (κ2) is 9.88. The Hall–Kier alpha value is -3.40. The van der Waals surface area contributed by atoms with E-state index in [0.29, 0.717) is 40.1 Å². The summed E-state index contributed by atoms with van der Waals surface area (Å²) in [6.45, 7) is 0. The first-order valence-electron chi connectivity index (χ1n) is 8.78. The van der Waals surface area contributed by atoms with Crippen LogP contribution >= 0.6 is 11.8 Å². The average Bonchev–Trinajstić information content (AvgIpc) is 3.26. The molecule has 2 aromatic carbocycles. The van der Waals surface area contributed by atoms with Gasteiger partial charge in [-0.2, -0.15) is 0 Å². The molecule has 0 radical (unpaired) electrons. The zero-order valence-corrected chi connectivity index (χ0v) is 17.7. The first-order valence-corrected chi connectivity index (χ1v) is 9.76. The second-order valence-corrected chi connectivity index (χ2v) is 6.81. The highest BCUT2D eigenvalue weighted by molar-refractivity contribution is 7.99. The van der Waals surface area contributed by atoms with Crippen molar-refractivity contribution in [2.24, 2.45) is 0 Å². The number of hydrogen-bond donors (Lipinski definition) is 1. The van der Waals surface area contributed by atoms with Crippen LogP contribution in [0.4, 0.5) is 5.69 Å². The number of amides is 1. The van der Waals surface area contributed by atoms with Gasteiger partial charge in [-0.3, -0.25) is 4.79 Å². The summed E-state index contributed by atoms with van der Waals surface area (Å²) in [7, 11) is 6.20. The zero-order chi connectivity index (χ0) is 21.5. The molecule has 1 amide bonds. The van der Waals surface area contributed by atoms with Crippen molar-refractivity contribution in [3.63, 3.8) is 0 Å². The fourth-order valence-electron chi connectivity index (χ4n) is 2.56. The van der Waals surface area contributed by atoms with E-state index >= 15 is 0 Å². The van der Waals surface area contributed by atoms with E-state index in [1.807, 2.05) is 0 Å². The number of aromatic nitrogens is 2. The number of carbonyl (C=O) groups is 1. The van der Waals surface area contributed by atoms with Gasteiger partial charge in [0.25, 0.3) is 5.22 Å². The van der Waals surface area contributed by atoms with Crippen LogP contribution in [0.5, 0.6) is 23.0 Å². The molecule has 158 valence electrons. The molecule has 30 heavy (non-hydrogen) atoms. The molecule has 0 fully saturated rings. The number of nitrogens with one attached hydrogen (secondary N) is 1. The maximum absolute atomic E-state index is 12.3. The lowest BCUT2D eigenvalue weighted by Gasteiger charge is -2.09. The molecule has 0 aliphatic heterocycles. The van der Waals surface area contributed by atoms with Gasteiger partial charge in [-0.05, 0) is 18.2 Å². The van der Waals surface area contributed by atoms with Crippen LogP contribution in [0.3, 0.4) is 0 Å². The molecule has 0 bridgehead atoms. The predicted octanol–water partition coefficient (Wildman–Crippen LogP) is 3.50. The topological polar surface area (TPSA) is 105 Å². The lowest BCUT2D eigenvalue weighted by molar-refractivity contribution is -0.113. The molecular formula is C20H21N3O6S. The van der Waals surface area contributed by atoms with Gasteiger partial charge in [-0.1, -0.05) is 11.8 Å². The van der Waals surface area contributed by atoms with Crippen molar-refractivity contribution in [3.8, 4) is 34.5 Å². The Balaban J connectivity index is 1.62. The summed E-state index contributed by atoms with van der Waals surface area (Å²) in [5.74, 6) is 2.48. The van der Waals surface area contributed by atoms with Gasteiger partial charge in [0, 0.05) is 29.4 Å². The van der Waals surface area contributed by atoms with Crippen LogP contribution in [0.1, 0.15) is 0 Å². The van der Waals surface area contributed by atoms with Crippen molar-refractivity contribution in [1.82, 2.24) is 10.2 Å². The molecule has 3 rings (SSSR count). The highest BCUT2D eigenvalue weighted by Crippen LogP contribution is 2.32.